The molecule has 0 aliphatic carbocycles. The lowest BCUT2D eigenvalue weighted by Gasteiger charge is -2.30. The van der Waals surface area contributed by atoms with E-state index < -0.39 is 10.0 Å². The van der Waals surface area contributed by atoms with Gasteiger partial charge in [0.05, 0.1) is 10.6 Å². The molecule has 4 rings (SSSR count). The molecule has 0 atom stereocenters. The van der Waals surface area contributed by atoms with Gasteiger partial charge in [-0.1, -0.05) is 37.3 Å². The molecule has 0 spiro atoms. The minimum Gasteiger partial charge on any atom is -0.322 e. The SMILES string of the molecule is CCc1ccc(NC(=O)c2ccc3c(c2)CCCN3S(=O)(=O)c2ccccc2)cc1. The molecule has 1 aliphatic rings. The van der Waals surface area contributed by atoms with E-state index in [9.17, 15) is 13.2 Å². The van der Waals surface area contributed by atoms with Gasteiger partial charge >= 0.3 is 0 Å². The van der Waals surface area contributed by atoms with Gasteiger partial charge in [0.15, 0.2) is 0 Å². The molecule has 1 aliphatic heterocycles. The summed E-state index contributed by atoms with van der Waals surface area (Å²) in [5.74, 6) is -0.204. The zero-order valence-corrected chi connectivity index (χ0v) is 17.7. The van der Waals surface area contributed by atoms with Gasteiger partial charge in [-0.3, -0.25) is 9.10 Å². The van der Waals surface area contributed by atoms with Crippen molar-refractivity contribution in [3.05, 3.63) is 89.5 Å². The Bertz CT molecular complexity index is 1160. The third-order valence-electron chi connectivity index (χ3n) is 5.37. The smallest absolute Gasteiger partial charge is 0.264 e. The van der Waals surface area contributed by atoms with Gasteiger partial charge in [0.2, 0.25) is 0 Å². The highest BCUT2D eigenvalue weighted by Gasteiger charge is 2.29. The van der Waals surface area contributed by atoms with Crippen molar-refractivity contribution in [3.63, 3.8) is 0 Å². The maximum absolute atomic E-state index is 13.1. The van der Waals surface area contributed by atoms with Crippen LogP contribution in [0.5, 0.6) is 0 Å². The van der Waals surface area contributed by atoms with Gasteiger partial charge in [-0.15, -0.1) is 0 Å². The molecule has 3 aromatic carbocycles. The molecular weight excluding hydrogens is 396 g/mol. The fourth-order valence-electron chi connectivity index (χ4n) is 3.70. The quantitative estimate of drug-likeness (QED) is 0.654. The standard InChI is InChI=1S/C24H24N2O3S/c1-2-18-10-13-21(14-11-18)25-24(27)20-12-15-23-19(17-20)7-6-16-26(23)30(28,29)22-8-4-3-5-9-22/h3-5,8-15,17H,2,6-7,16H2,1H3,(H,25,27). The van der Waals surface area contributed by atoms with E-state index in [0.717, 1.165) is 24.1 Å². The van der Waals surface area contributed by atoms with Crippen molar-refractivity contribution in [2.75, 3.05) is 16.2 Å². The van der Waals surface area contributed by atoms with E-state index in [1.165, 1.54) is 9.87 Å². The molecule has 0 saturated carbocycles. The Kier molecular flexibility index (Phi) is 5.59. The molecule has 30 heavy (non-hydrogen) atoms. The second-order valence-electron chi connectivity index (χ2n) is 7.34. The lowest BCUT2D eigenvalue weighted by atomic mass is 10.0. The van der Waals surface area contributed by atoms with Crippen LogP contribution in [0.1, 0.15) is 34.8 Å². The van der Waals surface area contributed by atoms with Crippen molar-refractivity contribution in [3.8, 4) is 0 Å². The van der Waals surface area contributed by atoms with E-state index in [-0.39, 0.29) is 10.8 Å². The number of nitrogens with zero attached hydrogens (tertiary/aromatic N) is 1. The number of aryl methyl sites for hydroxylation is 2. The predicted molar refractivity (Wildman–Crippen MR) is 120 cm³/mol. The molecule has 0 aromatic heterocycles. The molecule has 5 nitrogen and oxygen atoms in total. The van der Waals surface area contributed by atoms with Gasteiger partial charge in [0.25, 0.3) is 15.9 Å². The van der Waals surface area contributed by atoms with Crippen LogP contribution in [0.15, 0.2) is 77.7 Å². The first kappa shape index (κ1) is 20.2. The van der Waals surface area contributed by atoms with Crippen molar-refractivity contribution in [1.29, 1.82) is 0 Å². The van der Waals surface area contributed by atoms with Crippen molar-refractivity contribution in [1.82, 2.24) is 0 Å². The molecule has 3 aromatic rings. The number of carbonyl (C=O) groups excluding carboxylic acids is 1. The first-order valence-electron chi connectivity index (χ1n) is 10.1. The van der Waals surface area contributed by atoms with Crippen molar-refractivity contribution in [2.24, 2.45) is 0 Å². The summed E-state index contributed by atoms with van der Waals surface area (Å²) in [5.41, 5.74) is 3.99. The Balaban J connectivity index is 1.59. The van der Waals surface area contributed by atoms with Crippen LogP contribution in [0.4, 0.5) is 11.4 Å². The summed E-state index contributed by atoms with van der Waals surface area (Å²) in [4.78, 5) is 13.0. The molecule has 6 heteroatoms. The minimum atomic E-state index is -3.63. The summed E-state index contributed by atoms with van der Waals surface area (Å²) in [5, 5.41) is 2.91. The number of anilines is 2. The van der Waals surface area contributed by atoms with Gasteiger partial charge in [-0.2, -0.15) is 0 Å². The Morgan fingerprint density at radius 2 is 1.73 bits per heavy atom. The lowest BCUT2D eigenvalue weighted by molar-refractivity contribution is 0.102. The van der Waals surface area contributed by atoms with E-state index in [0.29, 0.717) is 24.2 Å². The second-order valence-corrected chi connectivity index (χ2v) is 9.20. The van der Waals surface area contributed by atoms with E-state index in [2.05, 4.69) is 12.2 Å². The third kappa shape index (κ3) is 3.96. The summed E-state index contributed by atoms with van der Waals surface area (Å²) < 4.78 is 27.7. The van der Waals surface area contributed by atoms with Gasteiger partial charge in [0.1, 0.15) is 0 Å². The maximum atomic E-state index is 13.1. The van der Waals surface area contributed by atoms with Crippen molar-refractivity contribution >= 4 is 27.3 Å². The van der Waals surface area contributed by atoms with Crippen LogP contribution in [-0.4, -0.2) is 20.9 Å². The fraction of sp³-hybridized carbons (Fsp3) is 0.208. The van der Waals surface area contributed by atoms with Gasteiger partial charge in [-0.05, 0) is 72.9 Å². The average Bonchev–Trinajstić information content (AvgIpc) is 2.79. The molecule has 0 saturated heterocycles. The predicted octanol–water partition coefficient (Wildman–Crippen LogP) is 4.64. The number of sulfonamides is 1. The monoisotopic (exact) mass is 420 g/mol. The number of benzene rings is 3. The summed E-state index contributed by atoms with van der Waals surface area (Å²) in [6, 6.07) is 21.5. The van der Waals surface area contributed by atoms with E-state index in [4.69, 9.17) is 0 Å². The summed E-state index contributed by atoms with van der Waals surface area (Å²) in [6.45, 7) is 2.52. The third-order valence-corrected chi connectivity index (χ3v) is 7.20. The number of carbonyl (C=O) groups is 1. The van der Waals surface area contributed by atoms with Crippen LogP contribution >= 0.6 is 0 Å². The van der Waals surface area contributed by atoms with Crippen LogP contribution in [0, 0.1) is 0 Å². The second kappa shape index (κ2) is 8.32. The lowest BCUT2D eigenvalue weighted by Crippen LogP contribution is -2.35. The van der Waals surface area contributed by atoms with E-state index >= 15 is 0 Å². The number of hydrogen-bond donors (Lipinski definition) is 1. The Hall–Kier alpha value is -3.12. The van der Waals surface area contributed by atoms with E-state index in [1.54, 1.807) is 48.5 Å². The van der Waals surface area contributed by atoms with Gasteiger partial charge in [-0.25, -0.2) is 8.42 Å². The molecule has 154 valence electrons. The Morgan fingerprint density at radius 1 is 1.00 bits per heavy atom. The number of rotatable bonds is 5. The first-order valence-corrected chi connectivity index (χ1v) is 11.5. The Labute approximate surface area is 177 Å². The van der Waals surface area contributed by atoms with Gasteiger partial charge in [0, 0.05) is 17.8 Å². The van der Waals surface area contributed by atoms with Crippen molar-refractivity contribution < 1.29 is 13.2 Å². The van der Waals surface area contributed by atoms with E-state index in [1.807, 2.05) is 24.3 Å². The zero-order chi connectivity index (χ0) is 21.1. The Morgan fingerprint density at radius 3 is 2.43 bits per heavy atom. The highest BCUT2D eigenvalue weighted by Crippen LogP contribution is 2.32. The summed E-state index contributed by atoms with van der Waals surface area (Å²) >= 11 is 0. The van der Waals surface area contributed by atoms with Crippen LogP contribution in [-0.2, 0) is 22.9 Å². The highest BCUT2D eigenvalue weighted by atomic mass is 32.2. The molecule has 1 N–H and O–H groups in total. The average molecular weight is 421 g/mol. The summed E-state index contributed by atoms with van der Waals surface area (Å²) in [7, 11) is -3.63. The largest absolute Gasteiger partial charge is 0.322 e. The number of hydrogen-bond acceptors (Lipinski definition) is 3. The summed E-state index contributed by atoms with van der Waals surface area (Å²) in [6.07, 6.45) is 2.40. The highest BCUT2D eigenvalue weighted by molar-refractivity contribution is 7.92. The first-order chi connectivity index (χ1) is 14.5. The van der Waals surface area contributed by atoms with Crippen LogP contribution in [0.25, 0.3) is 0 Å². The number of fused-ring (bicyclic) bond motifs is 1. The van der Waals surface area contributed by atoms with Crippen LogP contribution in [0.3, 0.4) is 0 Å². The minimum absolute atomic E-state index is 0.204. The molecule has 1 amide bonds. The number of amides is 1. The molecule has 0 unspecified atom stereocenters. The normalized spacial score (nSPS) is 13.6. The molecule has 0 bridgehead atoms. The van der Waals surface area contributed by atoms with Crippen LogP contribution in [0.2, 0.25) is 0 Å². The molecule has 0 radical (unpaired) electrons. The maximum Gasteiger partial charge on any atom is 0.264 e. The topological polar surface area (TPSA) is 66.5 Å². The molecule has 1 heterocycles. The molecular formula is C24H24N2O3S. The van der Waals surface area contributed by atoms with Crippen LogP contribution < -0.4 is 9.62 Å². The fourth-order valence-corrected chi connectivity index (χ4v) is 5.26. The van der Waals surface area contributed by atoms with Crippen molar-refractivity contribution in [2.45, 2.75) is 31.1 Å². The molecule has 0 fully saturated rings. The number of nitrogens with one attached hydrogen (secondary N) is 1. The van der Waals surface area contributed by atoms with Gasteiger partial charge < -0.3 is 5.32 Å². The zero-order valence-electron chi connectivity index (χ0n) is 16.8.